The van der Waals surface area contributed by atoms with E-state index in [-0.39, 0.29) is 0 Å². The van der Waals surface area contributed by atoms with Crippen molar-refractivity contribution in [3.63, 3.8) is 0 Å². The maximum absolute atomic E-state index is 5.46. The molecular weight excluding hydrogens is 258 g/mol. The molecule has 8 atom stereocenters. The number of unbranched alkanes of at least 4 members (excludes halogenated alkanes) is 3. The molecule has 0 aromatic heterocycles. The van der Waals surface area contributed by atoms with Crippen LogP contribution in [-0.4, -0.2) is 26.8 Å². The summed E-state index contributed by atoms with van der Waals surface area (Å²) >= 11 is 0. The van der Waals surface area contributed by atoms with Gasteiger partial charge in [0, 0.05) is 19.8 Å². The van der Waals surface area contributed by atoms with E-state index in [0.717, 1.165) is 47.7 Å². The highest BCUT2D eigenvalue weighted by Gasteiger charge is 2.94. The molecular formula is C19H33NO. The van der Waals surface area contributed by atoms with E-state index in [2.05, 4.69) is 19.3 Å². The van der Waals surface area contributed by atoms with Gasteiger partial charge in [0.15, 0.2) is 0 Å². The van der Waals surface area contributed by atoms with Gasteiger partial charge in [0.2, 0.25) is 0 Å². The lowest BCUT2D eigenvalue weighted by Crippen LogP contribution is -2.52. The molecule has 1 N–H and O–H groups in total. The second kappa shape index (κ2) is 5.23. The largest absolute Gasteiger partial charge is 0.384 e. The van der Waals surface area contributed by atoms with Crippen molar-refractivity contribution in [2.24, 2.45) is 40.9 Å². The van der Waals surface area contributed by atoms with Crippen LogP contribution in [0.1, 0.15) is 51.9 Å². The van der Waals surface area contributed by atoms with Crippen LogP contribution in [0.4, 0.5) is 0 Å². The fourth-order valence-electron chi connectivity index (χ4n) is 7.19. The number of nitrogens with one attached hydrogen (secondary N) is 1. The zero-order valence-electron chi connectivity index (χ0n) is 14.1. The summed E-state index contributed by atoms with van der Waals surface area (Å²) in [5, 5.41) is 3.62. The first-order chi connectivity index (χ1) is 10.3. The van der Waals surface area contributed by atoms with Gasteiger partial charge in [0.05, 0.1) is 0 Å². The van der Waals surface area contributed by atoms with Gasteiger partial charge in [0.25, 0.3) is 0 Å². The Morgan fingerprint density at radius 1 is 1.19 bits per heavy atom. The molecule has 4 rings (SSSR count). The maximum atomic E-state index is 5.46. The summed E-state index contributed by atoms with van der Waals surface area (Å²) in [4.78, 5) is 0. The van der Waals surface area contributed by atoms with Crippen molar-refractivity contribution in [3.8, 4) is 0 Å². The topological polar surface area (TPSA) is 21.3 Å². The minimum absolute atomic E-state index is 0.783. The van der Waals surface area contributed by atoms with Crippen LogP contribution in [-0.2, 0) is 4.74 Å². The van der Waals surface area contributed by atoms with E-state index >= 15 is 0 Å². The predicted molar refractivity (Wildman–Crippen MR) is 86.1 cm³/mol. The van der Waals surface area contributed by atoms with Gasteiger partial charge < -0.3 is 10.1 Å². The van der Waals surface area contributed by atoms with Crippen LogP contribution in [0.25, 0.3) is 0 Å². The normalized spacial score (nSPS) is 49.3. The van der Waals surface area contributed by atoms with E-state index in [1.165, 1.54) is 50.9 Å². The third-order valence-corrected chi connectivity index (χ3v) is 7.84. The van der Waals surface area contributed by atoms with E-state index in [4.69, 9.17) is 4.74 Å². The Hall–Kier alpha value is -0.0800. The fraction of sp³-hybridized carbons (Fsp3) is 1.00. The van der Waals surface area contributed by atoms with Crippen LogP contribution in [0, 0.1) is 40.9 Å². The number of methoxy groups -OCH3 is 1. The predicted octanol–water partition coefficient (Wildman–Crippen LogP) is 3.71. The summed E-state index contributed by atoms with van der Waals surface area (Å²) in [5.74, 6) is 6.49. The molecule has 0 saturated heterocycles. The highest BCUT2D eigenvalue weighted by Crippen LogP contribution is 2.98. The lowest BCUT2D eigenvalue weighted by atomic mass is 9.50. The van der Waals surface area contributed by atoms with Gasteiger partial charge in [-0.1, -0.05) is 32.6 Å². The minimum atomic E-state index is 0.783. The first kappa shape index (κ1) is 14.5. The number of rotatable bonds is 10. The highest BCUT2D eigenvalue weighted by atomic mass is 16.5. The molecule has 0 radical (unpaired) electrons. The summed E-state index contributed by atoms with van der Waals surface area (Å²) < 4.78 is 5.46. The van der Waals surface area contributed by atoms with Gasteiger partial charge >= 0.3 is 0 Å². The molecule has 21 heavy (non-hydrogen) atoms. The Kier molecular flexibility index (Phi) is 3.61. The molecule has 0 aromatic rings. The Labute approximate surface area is 130 Å². The molecule has 0 heterocycles. The zero-order chi connectivity index (χ0) is 14.6. The molecule has 4 saturated carbocycles. The van der Waals surface area contributed by atoms with Crippen molar-refractivity contribution >= 4 is 0 Å². The van der Waals surface area contributed by atoms with E-state index < -0.39 is 0 Å². The Bertz CT molecular complexity index is 397. The monoisotopic (exact) mass is 291 g/mol. The van der Waals surface area contributed by atoms with Crippen LogP contribution in [0.15, 0.2) is 0 Å². The zero-order valence-corrected chi connectivity index (χ0v) is 14.1. The quantitative estimate of drug-likeness (QED) is 0.620. The third kappa shape index (κ3) is 1.78. The SMILES string of the molecule is CCCCCCC(CC1C2C3C(COC)CC14C3C24)NC. The second-order valence-corrected chi connectivity index (χ2v) is 8.42. The number of ether oxygens (including phenoxy) is 1. The first-order valence-corrected chi connectivity index (χ1v) is 9.45. The average molecular weight is 291 g/mol. The fourth-order valence-corrected chi connectivity index (χ4v) is 7.19. The molecule has 2 nitrogen and oxygen atoms in total. The molecule has 1 spiro atoms. The second-order valence-electron chi connectivity index (χ2n) is 8.42. The van der Waals surface area contributed by atoms with Crippen molar-refractivity contribution in [1.82, 2.24) is 5.32 Å². The van der Waals surface area contributed by atoms with Gasteiger partial charge in [-0.2, -0.15) is 0 Å². The van der Waals surface area contributed by atoms with Crippen molar-refractivity contribution < 1.29 is 4.74 Å². The van der Waals surface area contributed by atoms with Gasteiger partial charge in [-0.25, -0.2) is 0 Å². The van der Waals surface area contributed by atoms with E-state index in [1.807, 2.05) is 7.11 Å². The van der Waals surface area contributed by atoms with Gasteiger partial charge in [-0.3, -0.25) is 0 Å². The van der Waals surface area contributed by atoms with E-state index in [1.54, 1.807) is 0 Å². The number of hydrogen-bond donors (Lipinski definition) is 1. The van der Waals surface area contributed by atoms with Gasteiger partial charge in [-0.05, 0) is 67.2 Å². The van der Waals surface area contributed by atoms with Crippen molar-refractivity contribution in [2.75, 3.05) is 20.8 Å². The molecule has 4 aliphatic carbocycles. The molecule has 0 amide bonds. The molecule has 0 aliphatic heterocycles. The van der Waals surface area contributed by atoms with Crippen molar-refractivity contribution in [3.05, 3.63) is 0 Å². The molecule has 8 unspecified atom stereocenters. The lowest BCUT2D eigenvalue weighted by Gasteiger charge is -2.55. The minimum Gasteiger partial charge on any atom is -0.384 e. The lowest BCUT2D eigenvalue weighted by molar-refractivity contribution is -0.0922. The number of fused-ring (bicyclic) bond motifs is 1. The molecule has 0 aromatic carbocycles. The van der Waals surface area contributed by atoms with Crippen LogP contribution >= 0.6 is 0 Å². The van der Waals surface area contributed by atoms with Gasteiger partial charge in [-0.15, -0.1) is 0 Å². The molecule has 0 bridgehead atoms. The van der Waals surface area contributed by atoms with Crippen molar-refractivity contribution in [1.29, 1.82) is 0 Å². The Balaban J connectivity index is 1.28. The third-order valence-electron chi connectivity index (χ3n) is 7.84. The molecule has 120 valence electrons. The standard InChI is InChI=1S/C19H33NO/c1-4-5-6-7-8-13(20-2)9-14-16-15-12(11-21-3)10-19(14)17(15)18(16)19/h12-18,20H,4-11H2,1-3H3. The number of hydrogen-bond acceptors (Lipinski definition) is 2. The average Bonchev–Trinajstić information content (AvgIpc) is 2.68. The van der Waals surface area contributed by atoms with Crippen LogP contribution in [0.5, 0.6) is 0 Å². The summed E-state index contributed by atoms with van der Waals surface area (Å²) in [6.45, 7) is 3.34. The van der Waals surface area contributed by atoms with Crippen LogP contribution < -0.4 is 5.32 Å². The smallest absolute Gasteiger partial charge is 0.0493 e. The molecule has 2 heteroatoms. The van der Waals surface area contributed by atoms with Crippen LogP contribution in [0.2, 0.25) is 0 Å². The van der Waals surface area contributed by atoms with E-state index in [9.17, 15) is 0 Å². The first-order valence-electron chi connectivity index (χ1n) is 9.45. The summed E-state index contributed by atoms with van der Waals surface area (Å²) in [6.07, 6.45) is 9.99. The molecule has 4 fully saturated rings. The van der Waals surface area contributed by atoms with Crippen LogP contribution in [0.3, 0.4) is 0 Å². The molecule has 4 aliphatic rings. The Morgan fingerprint density at radius 2 is 2.00 bits per heavy atom. The highest BCUT2D eigenvalue weighted by molar-refractivity contribution is 5.41. The van der Waals surface area contributed by atoms with Gasteiger partial charge in [0.1, 0.15) is 0 Å². The van der Waals surface area contributed by atoms with Crippen molar-refractivity contribution in [2.45, 2.75) is 57.9 Å². The summed E-state index contributed by atoms with van der Waals surface area (Å²) in [6, 6.07) is 0.783. The van der Waals surface area contributed by atoms with E-state index in [0.29, 0.717) is 0 Å². The maximum Gasteiger partial charge on any atom is 0.0493 e. The summed E-state index contributed by atoms with van der Waals surface area (Å²) in [5.41, 5.74) is 0.830. The Morgan fingerprint density at radius 3 is 2.62 bits per heavy atom. The summed E-state index contributed by atoms with van der Waals surface area (Å²) in [7, 11) is 4.07.